The summed E-state index contributed by atoms with van der Waals surface area (Å²) in [6, 6.07) is 3.41. The minimum absolute atomic E-state index is 0.00880. The maximum Gasteiger partial charge on any atom is 0.131 e. The Balaban J connectivity index is 2.85. The number of halogens is 1. The van der Waals surface area contributed by atoms with Crippen molar-refractivity contribution in [2.45, 2.75) is 0 Å². The molecule has 0 saturated carbocycles. The maximum atomic E-state index is 13.7. The Kier molecular flexibility index (Phi) is 1.06. The zero-order valence-electron chi connectivity index (χ0n) is 11.7. The van der Waals surface area contributed by atoms with Crippen molar-refractivity contribution in [3.8, 4) is 11.1 Å². The average molecular weight is 177 g/mol. The molecule has 0 aliphatic heterocycles. The van der Waals surface area contributed by atoms with Crippen molar-refractivity contribution < 1.29 is 11.2 Å². The Morgan fingerprint density at radius 2 is 1.69 bits per heavy atom. The van der Waals surface area contributed by atoms with E-state index in [1.807, 2.05) is 0 Å². The van der Waals surface area contributed by atoms with Crippen molar-refractivity contribution in [2.75, 3.05) is 0 Å². The summed E-state index contributed by atoms with van der Waals surface area (Å²) in [6.07, 6.45) is 0. The summed E-state index contributed by atoms with van der Waals surface area (Å²) in [6.45, 7) is 0. The summed E-state index contributed by atoms with van der Waals surface area (Å²) < 4.78 is 51.6. The molecular weight excluding hydrogens is 163 g/mol. The Morgan fingerprint density at radius 1 is 1.00 bits per heavy atom. The number of benzene rings is 2. The van der Waals surface area contributed by atoms with Crippen molar-refractivity contribution in [3.05, 3.63) is 60.3 Å². The molecule has 0 heterocycles. The standard InChI is InChI=1S/C12H9F/c13-12-9-5-4-8-11(12)10-6-2-1-3-7-10/h1-9H/i1D,2D,3D,6D,7D. The smallest absolute Gasteiger partial charge is 0.131 e. The van der Waals surface area contributed by atoms with Crippen LogP contribution in [-0.4, -0.2) is 0 Å². The molecule has 2 aromatic carbocycles. The van der Waals surface area contributed by atoms with Gasteiger partial charge in [0.15, 0.2) is 0 Å². The van der Waals surface area contributed by atoms with E-state index in [0.717, 1.165) is 0 Å². The summed E-state index contributed by atoms with van der Waals surface area (Å²) in [5, 5.41) is 0. The molecule has 0 unspecified atom stereocenters. The lowest BCUT2D eigenvalue weighted by atomic mass is 10.1. The van der Waals surface area contributed by atoms with Crippen LogP contribution in [0.5, 0.6) is 0 Å². The normalized spacial score (nSPS) is 15.3. The molecule has 0 bridgehead atoms. The zero-order chi connectivity index (χ0) is 13.4. The van der Waals surface area contributed by atoms with Gasteiger partial charge in [0.2, 0.25) is 0 Å². The predicted molar refractivity (Wildman–Crippen MR) is 51.8 cm³/mol. The molecule has 0 aromatic heterocycles. The largest absolute Gasteiger partial charge is 0.206 e. The van der Waals surface area contributed by atoms with Crippen LogP contribution in [0.3, 0.4) is 0 Å². The highest BCUT2D eigenvalue weighted by Crippen LogP contribution is 2.21. The Morgan fingerprint density at radius 3 is 2.38 bits per heavy atom. The van der Waals surface area contributed by atoms with Gasteiger partial charge in [-0.1, -0.05) is 48.4 Å². The SMILES string of the molecule is [2H]c1c([2H])c([2H])c(-c2ccccc2F)c([2H])c1[2H]. The van der Waals surface area contributed by atoms with Crippen LogP contribution >= 0.6 is 0 Å². The van der Waals surface area contributed by atoms with Crippen molar-refractivity contribution in [3.63, 3.8) is 0 Å². The van der Waals surface area contributed by atoms with E-state index in [2.05, 4.69) is 0 Å². The van der Waals surface area contributed by atoms with Crippen molar-refractivity contribution in [1.82, 2.24) is 0 Å². The number of hydrogen-bond acceptors (Lipinski definition) is 0. The molecule has 0 N–H and O–H groups in total. The Hall–Kier alpha value is -1.63. The molecule has 2 aromatic rings. The summed E-state index contributed by atoms with van der Waals surface area (Å²) >= 11 is 0. The van der Waals surface area contributed by atoms with Crippen molar-refractivity contribution >= 4 is 0 Å². The van der Waals surface area contributed by atoms with Gasteiger partial charge in [0, 0.05) is 5.56 Å². The first kappa shape index (κ1) is 4.05. The van der Waals surface area contributed by atoms with Crippen LogP contribution in [0.2, 0.25) is 0 Å². The Labute approximate surface area is 83.7 Å². The van der Waals surface area contributed by atoms with E-state index < -0.39 is 36.0 Å². The topological polar surface area (TPSA) is 0 Å². The van der Waals surface area contributed by atoms with E-state index in [-0.39, 0.29) is 11.1 Å². The third kappa shape index (κ3) is 1.59. The highest BCUT2D eigenvalue weighted by atomic mass is 19.1. The van der Waals surface area contributed by atoms with Crippen molar-refractivity contribution in [1.29, 1.82) is 0 Å². The molecule has 0 atom stereocenters. The molecule has 0 radical (unpaired) electrons. The van der Waals surface area contributed by atoms with Crippen molar-refractivity contribution in [2.24, 2.45) is 0 Å². The molecule has 2 rings (SSSR count). The quantitative estimate of drug-likeness (QED) is 0.625. The fraction of sp³-hybridized carbons (Fsp3) is 0. The molecule has 0 aliphatic rings. The average Bonchev–Trinajstić information content (AvgIpc) is 2.36. The molecule has 13 heavy (non-hydrogen) atoms. The number of hydrogen-bond donors (Lipinski definition) is 0. The van der Waals surface area contributed by atoms with Gasteiger partial charge in [-0.05, 0) is 11.6 Å². The summed E-state index contributed by atoms with van der Waals surface area (Å²) in [5.41, 5.74) is -0.103. The van der Waals surface area contributed by atoms with Gasteiger partial charge in [-0.15, -0.1) is 0 Å². The first-order chi connectivity index (χ1) is 8.45. The first-order valence-electron chi connectivity index (χ1n) is 6.27. The van der Waals surface area contributed by atoms with Crippen LogP contribution < -0.4 is 0 Å². The Bertz CT molecular complexity index is 595. The van der Waals surface area contributed by atoms with Gasteiger partial charge >= 0.3 is 0 Å². The molecule has 0 fully saturated rings. The third-order valence-electron chi connectivity index (χ3n) is 1.64. The molecule has 0 aliphatic carbocycles. The lowest BCUT2D eigenvalue weighted by Crippen LogP contribution is -1.81. The second-order valence-corrected chi connectivity index (χ2v) is 2.48. The van der Waals surface area contributed by atoms with E-state index in [4.69, 9.17) is 6.85 Å². The first-order valence-corrected chi connectivity index (χ1v) is 3.77. The van der Waals surface area contributed by atoms with Crippen LogP contribution in [0.4, 0.5) is 4.39 Å². The van der Waals surface area contributed by atoms with Gasteiger partial charge in [0.25, 0.3) is 0 Å². The second kappa shape index (κ2) is 3.40. The minimum Gasteiger partial charge on any atom is -0.206 e. The molecule has 0 nitrogen and oxygen atoms in total. The monoisotopic (exact) mass is 177 g/mol. The van der Waals surface area contributed by atoms with Crippen LogP contribution in [-0.2, 0) is 0 Å². The van der Waals surface area contributed by atoms with Gasteiger partial charge in [-0.2, -0.15) is 0 Å². The fourth-order valence-electron chi connectivity index (χ4n) is 1.05. The molecule has 0 amide bonds. The van der Waals surface area contributed by atoms with Crippen LogP contribution in [0.25, 0.3) is 11.1 Å². The van der Waals surface area contributed by atoms with Gasteiger partial charge in [-0.3, -0.25) is 0 Å². The minimum atomic E-state index is -0.615. The summed E-state index contributed by atoms with van der Waals surface area (Å²) in [5.74, 6) is -0.615. The lowest BCUT2D eigenvalue weighted by molar-refractivity contribution is 0.631. The van der Waals surface area contributed by atoms with E-state index in [1.165, 1.54) is 18.2 Å². The molecule has 64 valence electrons. The predicted octanol–water partition coefficient (Wildman–Crippen LogP) is 3.49. The van der Waals surface area contributed by atoms with Crippen LogP contribution in [0.15, 0.2) is 54.5 Å². The van der Waals surface area contributed by atoms with Gasteiger partial charge in [0.05, 0.1) is 6.85 Å². The van der Waals surface area contributed by atoms with Crippen LogP contribution in [0, 0.1) is 5.82 Å². The summed E-state index contributed by atoms with van der Waals surface area (Å²) in [7, 11) is 0. The zero-order valence-corrected chi connectivity index (χ0v) is 6.69. The van der Waals surface area contributed by atoms with Crippen LogP contribution in [0.1, 0.15) is 6.85 Å². The van der Waals surface area contributed by atoms with Gasteiger partial charge in [-0.25, -0.2) is 4.39 Å². The number of rotatable bonds is 1. The molecular formula is C12H9F. The third-order valence-corrected chi connectivity index (χ3v) is 1.64. The highest BCUT2D eigenvalue weighted by Gasteiger charge is 2.01. The van der Waals surface area contributed by atoms with E-state index in [1.54, 1.807) is 6.07 Å². The molecule has 0 spiro atoms. The molecule has 1 heteroatoms. The van der Waals surface area contributed by atoms with Gasteiger partial charge in [0.1, 0.15) is 5.82 Å². The highest BCUT2D eigenvalue weighted by molar-refractivity contribution is 5.63. The van der Waals surface area contributed by atoms with Gasteiger partial charge < -0.3 is 0 Å². The van der Waals surface area contributed by atoms with E-state index in [0.29, 0.717) is 0 Å². The van der Waals surface area contributed by atoms with E-state index in [9.17, 15) is 4.39 Å². The maximum absolute atomic E-state index is 13.7. The van der Waals surface area contributed by atoms with E-state index >= 15 is 0 Å². The lowest BCUT2D eigenvalue weighted by Gasteiger charge is -2.01. The second-order valence-electron chi connectivity index (χ2n) is 2.48. The molecule has 0 saturated heterocycles. The summed E-state index contributed by atoms with van der Waals surface area (Å²) in [4.78, 5) is 0. The fourth-order valence-corrected chi connectivity index (χ4v) is 1.05.